The van der Waals surface area contributed by atoms with Gasteiger partial charge in [-0.25, -0.2) is 0 Å². The molecule has 0 saturated heterocycles. The molecule has 0 saturated carbocycles. The van der Waals surface area contributed by atoms with Gasteiger partial charge in [-0.05, 0) is 23.6 Å². The van der Waals surface area contributed by atoms with E-state index in [-0.39, 0.29) is 16.3 Å². The Hall–Kier alpha value is -2.53. The Morgan fingerprint density at radius 1 is 0.810 bits per heavy atom. The monoisotopic (exact) mass is 299 g/mol. The van der Waals surface area contributed by atoms with Crippen LogP contribution in [0, 0.1) is 0 Å². The predicted molar refractivity (Wildman–Crippen MR) is 82.6 cm³/mol. The molecule has 0 amide bonds. The summed E-state index contributed by atoms with van der Waals surface area (Å²) in [6, 6.07) is 18.8. The molecule has 5 heteroatoms. The fraction of sp³-hybridized carbons (Fsp3) is 0. The van der Waals surface area contributed by atoms with Gasteiger partial charge in [0.25, 0.3) is 0 Å². The fourth-order valence-corrected chi connectivity index (χ4v) is 3.31. The van der Waals surface area contributed by atoms with Gasteiger partial charge < -0.3 is 9.92 Å². The van der Waals surface area contributed by atoms with Crippen LogP contribution >= 0.6 is 0 Å². The molecule has 3 aromatic carbocycles. The van der Waals surface area contributed by atoms with Crippen molar-refractivity contribution in [1.82, 2.24) is 0 Å². The largest absolute Gasteiger partial charge is 0.396 e. The smallest absolute Gasteiger partial charge is 0.339 e. The molecule has 0 unspecified atom stereocenters. The first-order chi connectivity index (χ1) is 10.1. The Bertz CT molecular complexity index is 899. The molecule has 0 aromatic heterocycles. The van der Waals surface area contributed by atoms with Gasteiger partial charge in [-0.15, -0.1) is 0 Å². The first-order valence-electron chi connectivity index (χ1n) is 6.35. The van der Waals surface area contributed by atoms with Crippen LogP contribution < -0.4 is 9.92 Å². The molecule has 0 aliphatic rings. The van der Waals surface area contributed by atoms with Gasteiger partial charge in [-0.2, -0.15) is 8.42 Å². The van der Waals surface area contributed by atoms with Crippen LogP contribution in [-0.2, 0) is 10.1 Å². The van der Waals surface area contributed by atoms with E-state index in [4.69, 9.17) is 9.92 Å². The van der Waals surface area contributed by atoms with Crippen molar-refractivity contribution in [2.24, 2.45) is 0 Å². The fourth-order valence-electron chi connectivity index (χ4n) is 2.13. The average molecular weight is 299 g/mol. The maximum atomic E-state index is 12.5. The summed E-state index contributed by atoms with van der Waals surface area (Å²) in [6.07, 6.45) is 0. The molecule has 3 aromatic rings. The Kier molecular flexibility index (Phi) is 3.27. The molecule has 2 N–H and O–H groups in total. The van der Waals surface area contributed by atoms with Crippen molar-refractivity contribution in [2.45, 2.75) is 4.90 Å². The summed E-state index contributed by atoms with van der Waals surface area (Å²) < 4.78 is 30.2. The summed E-state index contributed by atoms with van der Waals surface area (Å²) in [6.45, 7) is 0. The molecule has 0 aliphatic carbocycles. The normalized spacial score (nSPS) is 11.4. The van der Waals surface area contributed by atoms with Crippen molar-refractivity contribution >= 4 is 26.6 Å². The second-order valence-electron chi connectivity index (χ2n) is 4.55. The number of para-hydroxylation sites is 2. The van der Waals surface area contributed by atoms with Gasteiger partial charge in [0.05, 0.1) is 5.69 Å². The molecule has 0 atom stereocenters. The second-order valence-corrected chi connectivity index (χ2v) is 6.07. The van der Waals surface area contributed by atoms with Gasteiger partial charge in [0.15, 0.2) is 5.75 Å². The molecular weight excluding hydrogens is 286 g/mol. The minimum atomic E-state index is -3.94. The van der Waals surface area contributed by atoms with Gasteiger partial charge in [0.2, 0.25) is 0 Å². The SMILES string of the molecule is Nc1ccccc1OS(=O)(=O)c1cccc2ccccc12. The Morgan fingerprint density at radius 2 is 1.48 bits per heavy atom. The summed E-state index contributed by atoms with van der Waals surface area (Å²) in [4.78, 5) is 0.129. The maximum absolute atomic E-state index is 12.5. The van der Waals surface area contributed by atoms with E-state index >= 15 is 0 Å². The number of rotatable bonds is 3. The summed E-state index contributed by atoms with van der Waals surface area (Å²) >= 11 is 0. The lowest BCUT2D eigenvalue weighted by Crippen LogP contribution is -2.11. The number of nitrogens with two attached hydrogens (primary N) is 1. The Balaban J connectivity index is 2.11. The molecule has 0 bridgehead atoms. The van der Waals surface area contributed by atoms with Gasteiger partial charge in [0, 0.05) is 5.39 Å². The van der Waals surface area contributed by atoms with E-state index in [1.807, 2.05) is 18.2 Å². The number of benzene rings is 3. The van der Waals surface area contributed by atoms with Crippen LogP contribution in [0.5, 0.6) is 5.75 Å². The summed E-state index contributed by atoms with van der Waals surface area (Å²) in [7, 11) is -3.94. The van der Waals surface area contributed by atoms with Crippen LogP contribution in [-0.4, -0.2) is 8.42 Å². The van der Waals surface area contributed by atoms with Gasteiger partial charge >= 0.3 is 10.1 Å². The number of hydrogen-bond donors (Lipinski definition) is 1. The highest BCUT2D eigenvalue weighted by molar-refractivity contribution is 7.87. The Morgan fingerprint density at radius 3 is 2.29 bits per heavy atom. The third-order valence-corrected chi connectivity index (χ3v) is 4.43. The van der Waals surface area contributed by atoms with Crippen molar-refractivity contribution in [2.75, 3.05) is 5.73 Å². The van der Waals surface area contributed by atoms with Gasteiger partial charge in [-0.3, -0.25) is 0 Å². The number of hydrogen-bond acceptors (Lipinski definition) is 4. The average Bonchev–Trinajstić information content (AvgIpc) is 2.49. The minimum absolute atomic E-state index is 0.129. The van der Waals surface area contributed by atoms with Crippen molar-refractivity contribution in [3.63, 3.8) is 0 Å². The summed E-state index contributed by atoms with van der Waals surface area (Å²) in [5.74, 6) is 0.130. The van der Waals surface area contributed by atoms with E-state index in [9.17, 15) is 8.42 Å². The highest BCUT2D eigenvalue weighted by Gasteiger charge is 2.20. The van der Waals surface area contributed by atoms with Crippen LogP contribution in [0.4, 0.5) is 5.69 Å². The molecule has 0 spiro atoms. The van der Waals surface area contributed by atoms with Gasteiger partial charge in [-0.1, -0.05) is 48.5 Å². The lowest BCUT2D eigenvalue weighted by atomic mass is 10.1. The molecular formula is C16H13NO3S. The topological polar surface area (TPSA) is 69.4 Å². The van der Waals surface area contributed by atoms with E-state index in [0.29, 0.717) is 5.39 Å². The number of anilines is 1. The van der Waals surface area contributed by atoms with Gasteiger partial charge in [0.1, 0.15) is 4.90 Å². The van der Waals surface area contributed by atoms with Crippen molar-refractivity contribution < 1.29 is 12.6 Å². The Labute approximate surface area is 122 Å². The van der Waals surface area contributed by atoms with Crippen LogP contribution in [0.2, 0.25) is 0 Å². The van der Waals surface area contributed by atoms with Crippen LogP contribution in [0.3, 0.4) is 0 Å². The highest BCUT2D eigenvalue weighted by atomic mass is 32.2. The molecule has 0 aliphatic heterocycles. The van der Waals surface area contributed by atoms with E-state index < -0.39 is 10.1 Å². The number of nitrogen functional groups attached to an aromatic ring is 1. The van der Waals surface area contributed by atoms with Crippen LogP contribution in [0.25, 0.3) is 10.8 Å². The maximum Gasteiger partial charge on any atom is 0.339 e. The van der Waals surface area contributed by atoms with Crippen molar-refractivity contribution in [1.29, 1.82) is 0 Å². The molecule has 0 radical (unpaired) electrons. The molecule has 21 heavy (non-hydrogen) atoms. The van der Waals surface area contributed by atoms with E-state index in [1.165, 1.54) is 12.1 Å². The molecule has 0 fully saturated rings. The lowest BCUT2D eigenvalue weighted by molar-refractivity contribution is 0.488. The zero-order chi connectivity index (χ0) is 14.9. The summed E-state index contributed by atoms with van der Waals surface area (Å²) in [5.41, 5.74) is 6.01. The van der Waals surface area contributed by atoms with E-state index in [1.54, 1.807) is 36.4 Å². The van der Waals surface area contributed by atoms with Crippen molar-refractivity contribution in [3.8, 4) is 5.75 Å². The third-order valence-electron chi connectivity index (χ3n) is 3.14. The van der Waals surface area contributed by atoms with Crippen molar-refractivity contribution in [3.05, 3.63) is 66.7 Å². The zero-order valence-electron chi connectivity index (χ0n) is 11.1. The first kappa shape index (κ1) is 13.5. The minimum Gasteiger partial charge on any atom is -0.396 e. The lowest BCUT2D eigenvalue weighted by Gasteiger charge is -2.10. The molecule has 3 rings (SSSR count). The first-order valence-corrected chi connectivity index (χ1v) is 7.75. The predicted octanol–water partition coefficient (Wildman–Crippen LogP) is 3.19. The second kappa shape index (κ2) is 5.10. The van der Waals surface area contributed by atoms with Crippen LogP contribution in [0.1, 0.15) is 0 Å². The molecule has 0 heterocycles. The quantitative estimate of drug-likeness (QED) is 0.595. The van der Waals surface area contributed by atoms with E-state index in [0.717, 1.165) is 5.39 Å². The highest BCUT2D eigenvalue weighted by Crippen LogP contribution is 2.28. The standard InChI is InChI=1S/C16H13NO3S/c17-14-9-3-4-10-15(14)20-21(18,19)16-11-5-7-12-6-1-2-8-13(12)16/h1-11H,17H2. The third kappa shape index (κ3) is 2.55. The van der Waals surface area contributed by atoms with Crippen LogP contribution in [0.15, 0.2) is 71.6 Å². The molecule has 4 nitrogen and oxygen atoms in total. The molecule has 106 valence electrons. The summed E-state index contributed by atoms with van der Waals surface area (Å²) in [5, 5.41) is 1.46. The zero-order valence-corrected chi connectivity index (χ0v) is 11.9. The van der Waals surface area contributed by atoms with E-state index in [2.05, 4.69) is 0 Å². The number of fused-ring (bicyclic) bond motifs is 1.